The average Bonchev–Trinajstić information content (AvgIpc) is 2.37. The van der Waals surface area contributed by atoms with Crippen molar-refractivity contribution >= 4 is 25.8 Å². The molecule has 0 unspecified atom stereocenters. The smallest absolute Gasteiger partial charge is 0.162 e. The third-order valence-corrected chi connectivity index (χ3v) is 4.86. The van der Waals surface area contributed by atoms with Gasteiger partial charge in [0.2, 0.25) is 0 Å². The molecule has 1 aromatic rings. The van der Waals surface area contributed by atoms with Gasteiger partial charge >= 0.3 is 0 Å². The van der Waals surface area contributed by atoms with Crippen LogP contribution in [-0.4, -0.2) is 27.4 Å². The van der Waals surface area contributed by atoms with E-state index in [9.17, 15) is 8.42 Å². The number of sulfone groups is 1. The summed E-state index contributed by atoms with van der Waals surface area (Å²) in [5.41, 5.74) is 0.689. The summed E-state index contributed by atoms with van der Waals surface area (Å²) in [6.07, 6.45) is 3.37. The van der Waals surface area contributed by atoms with Crippen molar-refractivity contribution in [3.05, 3.63) is 34.3 Å². The number of rotatable bonds is 4. The molecule has 0 N–H and O–H groups in total. The summed E-state index contributed by atoms with van der Waals surface area (Å²) in [6, 6.07) is 3.49. The van der Waals surface area contributed by atoms with E-state index < -0.39 is 9.84 Å². The molecule has 0 radical (unpaired) electrons. The van der Waals surface area contributed by atoms with E-state index in [-0.39, 0.29) is 11.5 Å². The zero-order valence-corrected chi connectivity index (χ0v) is 13.0. The zero-order chi connectivity index (χ0) is 13.9. The molecule has 1 aromatic carbocycles. The van der Waals surface area contributed by atoms with Crippen LogP contribution >= 0.6 is 15.9 Å². The van der Waals surface area contributed by atoms with Gasteiger partial charge in [-0.1, -0.05) is 28.1 Å². The summed E-state index contributed by atoms with van der Waals surface area (Å²) < 4.78 is 35.5. The summed E-state index contributed by atoms with van der Waals surface area (Å²) in [6.45, 7) is 2.80. The lowest BCUT2D eigenvalue weighted by Gasteiger charge is -2.19. The van der Waals surface area contributed by atoms with Crippen molar-refractivity contribution in [2.24, 2.45) is 0 Å². The topological polar surface area (TPSA) is 52.6 Å². The quantitative estimate of drug-likeness (QED) is 0.786. The second kappa shape index (κ2) is 5.96. The molecule has 0 saturated heterocycles. The first-order valence-electron chi connectivity index (χ1n) is 5.91. The Bertz CT molecular complexity index is 593. The number of fused-ring (bicyclic) bond motifs is 1. The maximum absolute atomic E-state index is 11.9. The van der Waals surface area contributed by atoms with Crippen LogP contribution in [0.1, 0.15) is 12.5 Å². The lowest BCUT2D eigenvalue weighted by atomic mass is 10.2. The third kappa shape index (κ3) is 3.73. The first-order chi connectivity index (χ1) is 9.02. The highest BCUT2D eigenvalue weighted by Crippen LogP contribution is 2.36. The van der Waals surface area contributed by atoms with Crippen LogP contribution in [0.15, 0.2) is 28.8 Å². The Morgan fingerprint density at radius 1 is 1.26 bits per heavy atom. The fourth-order valence-corrected chi connectivity index (χ4v) is 3.72. The molecule has 0 bridgehead atoms. The molecule has 0 aliphatic carbocycles. The van der Waals surface area contributed by atoms with E-state index in [0.717, 1.165) is 4.47 Å². The molecule has 1 aliphatic rings. The number of benzene rings is 1. The molecule has 104 valence electrons. The number of allylic oxidation sites excluding steroid dienone is 1. The van der Waals surface area contributed by atoms with Crippen LogP contribution < -0.4 is 9.47 Å². The number of hydrogen-bond donors (Lipinski definition) is 0. The Labute approximate surface area is 121 Å². The van der Waals surface area contributed by atoms with Crippen LogP contribution in [0.3, 0.4) is 0 Å². The highest BCUT2D eigenvalue weighted by atomic mass is 79.9. The van der Waals surface area contributed by atoms with Gasteiger partial charge in [-0.2, -0.15) is 0 Å². The Morgan fingerprint density at radius 3 is 2.53 bits per heavy atom. The number of ether oxygens (including phenoxy) is 2. The predicted molar refractivity (Wildman–Crippen MR) is 77.4 cm³/mol. The Morgan fingerprint density at radius 2 is 1.89 bits per heavy atom. The van der Waals surface area contributed by atoms with E-state index in [4.69, 9.17) is 9.47 Å². The Balaban J connectivity index is 2.25. The van der Waals surface area contributed by atoms with Crippen molar-refractivity contribution in [1.29, 1.82) is 0 Å². The van der Waals surface area contributed by atoms with Crippen LogP contribution in [0.4, 0.5) is 0 Å². The van der Waals surface area contributed by atoms with E-state index in [1.807, 2.05) is 0 Å². The van der Waals surface area contributed by atoms with Gasteiger partial charge in [-0.15, -0.1) is 0 Å². The van der Waals surface area contributed by atoms with Gasteiger partial charge in [0.15, 0.2) is 21.3 Å². The van der Waals surface area contributed by atoms with E-state index in [2.05, 4.69) is 15.9 Å². The molecule has 2 rings (SSSR count). The highest BCUT2D eigenvalue weighted by Gasteiger charge is 2.18. The van der Waals surface area contributed by atoms with E-state index >= 15 is 0 Å². The van der Waals surface area contributed by atoms with Gasteiger partial charge in [0.1, 0.15) is 13.2 Å². The van der Waals surface area contributed by atoms with Crippen molar-refractivity contribution in [1.82, 2.24) is 0 Å². The summed E-state index contributed by atoms with van der Waals surface area (Å²) in [4.78, 5) is 0. The van der Waals surface area contributed by atoms with Crippen molar-refractivity contribution in [2.75, 3.05) is 19.0 Å². The van der Waals surface area contributed by atoms with E-state index in [0.29, 0.717) is 30.3 Å². The van der Waals surface area contributed by atoms with Gasteiger partial charge in [0, 0.05) is 4.47 Å². The molecule has 0 amide bonds. The fourth-order valence-electron chi connectivity index (χ4n) is 1.76. The maximum Gasteiger partial charge on any atom is 0.162 e. The molecule has 0 aromatic heterocycles. The second-order valence-corrected chi connectivity index (χ2v) is 7.17. The number of hydrogen-bond acceptors (Lipinski definition) is 4. The predicted octanol–water partition coefficient (Wildman–Crippen LogP) is 2.71. The minimum absolute atomic E-state index is 0.0193. The summed E-state index contributed by atoms with van der Waals surface area (Å²) >= 11 is 3.38. The fraction of sp³-hybridized carbons (Fsp3) is 0.385. The minimum atomic E-state index is -3.16. The normalized spacial score (nSPS) is 14.8. The Hall–Kier alpha value is -1.01. The molecular weight excluding hydrogens is 332 g/mol. The largest absolute Gasteiger partial charge is 0.486 e. The van der Waals surface area contributed by atoms with Crippen molar-refractivity contribution in [2.45, 2.75) is 12.7 Å². The maximum atomic E-state index is 11.9. The zero-order valence-electron chi connectivity index (χ0n) is 10.6. The van der Waals surface area contributed by atoms with Gasteiger partial charge in [-0.05, 0) is 24.6 Å². The second-order valence-electron chi connectivity index (χ2n) is 4.21. The summed E-state index contributed by atoms with van der Waals surface area (Å²) in [5.74, 6) is 1.28. The SMILES string of the molecule is C/C=C/CS(=O)(=O)Cc1cc2c(cc1Br)OCCO2. The summed E-state index contributed by atoms with van der Waals surface area (Å²) in [5, 5.41) is 0. The minimum Gasteiger partial charge on any atom is -0.486 e. The molecule has 1 aliphatic heterocycles. The molecule has 6 heteroatoms. The van der Waals surface area contributed by atoms with Crippen LogP contribution in [0.2, 0.25) is 0 Å². The summed E-state index contributed by atoms with van der Waals surface area (Å²) in [7, 11) is -3.16. The molecule has 0 atom stereocenters. The van der Waals surface area contributed by atoms with E-state index in [1.165, 1.54) is 0 Å². The van der Waals surface area contributed by atoms with Crippen LogP contribution in [0, 0.1) is 0 Å². The molecule has 4 nitrogen and oxygen atoms in total. The lowest BCUT2D eigenvalue weighted by molar-refractivity contribution is 0.171. The molecule has 0 spiro atoms. The van der Waals surface area contributed by atoms with Crippen molar-refractivity contribution < 1.29 is 17.9 Å². The molecule has 19 heavy (non-hydrogen) atoms. The van der Waals surface area contributed by atoms with Crippen molar-refractivity contribution in [3.63, 3.8) is 0 Å². The Kier molecular flexibility index (Phi) is 4.52. The third-order valence-electron chi connectivity index (χ3n) is 2.67. The highest BCUT2D eigenvalue weighted by molar-refractivity contribution is 9.10. The van der Waals surface area contributed by atoms with Gasteiger partial charge < -0.3 is 9.47 Å². The molecule has 0 fully saturated rings. The average molecular weight is 347 g/mol. The molecule has 0 saturated carbocycles. The monoisotopic (exact) mass is 346 g/mol. The van der Waals surface area contributed by atoms with Crippen LogP contribution in [-0.2, 0) is 15.6 Å². The number of halogens is 1. The van der Waals surface area contributed by atoms with Crippen LogP contribution in [0.25, 0.3) is 0 Å². The first-order valence-corrected chi connectivity index (χ1v) is 8.53. The van der Waals surface area contributed by atoms with Gasteiger partial charge in [-0.25, -0.2) is 8.42 Å². The van der Waals surface area contributed by atoms with Crippen LogP contribution in [0.5, 0.6) is 11.5 Å². The molecular formula is C13H15BrO4S. The van der Waals surface area contributed by atoms with Crippen molar-refractivity contribution in [3.8, 4) is 11.5 Å². The standard InChI is InChI=1S/C13H15BrO4S/c1-2-3-6-19(15,16)9-10-7-12-13(8-11(10)14)18-5-4-17-12/h2-3,7-8H,4-6,9H2,1H3/b3-2+. The lowest BCUT2D eigenvalue weighted by Crippen LogP contribution is -2.16. The molecule has 1 heterocycles. The van der Waals surface area contributed by atoms with Gasteiger partial charge in [-0.3, -0.25) is 0 Å². The van der Waals surface area contributed by atoms with Gasteiger partial charge in [0.25, 0.3) is 0 Å². The van der Waals surface area contributed by atoms with Gasteiger partial charge in [0.05, 0.1) is 11.5 Å². The first kappa shape index (κ1) is 14.4. The van der Waals surface area contributed by atoms with E-state index in [1.54, 1.807) is 31.2 Å².